The second-order valence-corrected chi connectivity index (χ2v) is 8.73. The Kier molecular flexibility index (Phi) is 6.31. The van der Waals surface area contributed by atoms with Crippen molar-refractivity contribution in [1.82, 2.24) is 29.9 Å². The molecule has 2 heterocycles. The number of aromatic nitrogens is 6. The summed E-state index contributed by atoms with van der Waals surface area (Å²) in [6, 6.07) is 12.3. The van der Waals surface area contributed by atoms with E-state index >= 15 is 0 Å². The first-order valence-corrected chi connectivity index (χ1v) is 10.9. The predicted octanol–water partition coefficient (Wildman–Crippen LogP) is 4.70. The van der Waals surface area contributed by atoms with Crippen LogP contribution in [0.4, 0.5) is 0 Å². The van der Waals surface area contributed by atoms with E-state index in [1.165, 1.54) is 24.4 Å². The molecule has 1 atom stereocenters. The standard InChI is InChI=1S/C19H15Cl3N6OS/c20-13-3-1-12(2-4-13)17-25-18(27-26-17)30-9-19(29,8-28-11-23-10-24-28)15-6-5-14(21)7-16(15)22/h1-7,10-11,29H,8-9H2,(H,25,26,27). The van der Waals surface area contributed by atoms with Crippen LogP contribution in [0.15, 0.2) is 60.3 Å². The molecule has 0 spiro atoms. The molecule has 0 fully saturated rings. The number of halogens is 3. The van der Waals surface area contributed by atoms with Crippen molar-refractivity contribution in [2.75, 3.05) is 5.75 Å². The average molecular weight is 482 g/mol. The number of nitrogens with zero attached hydrogens (tertiary/aromatic N) is 5. The van der Waals surface area contributed by atoms with Crippen LogP contribution in [-0.4, -0.2) is 40.8 Å². The largest absolute Gasteiger partial charge is 0.382 e. The van der Waals surface area contributed by atoms with E-state index < -0.39 is 5.60 Å². The topological polar surface area (TPSA) is 92.5 Å². The van der Waals surface area contributed by atoms with Crippen molar-refractivity contribution in [3.8, 4) is 11.4 Å². The molecule has 4 aromatic rings. The summed E-state index contributed by atoms with van der Waals surface area (Å²) in [5.74, 6) is 0.838. The van der Waals surface area contributed by atoms with Crippen LogP contribution in [0.2, 0.25) is 15.1 Å². The summed E-state index contributed by atoms with van der Waals surface area (Å²) in [6.45, 7) is 0.149. The van der Waals surface area contributed by atoms with Gasteiger partial charge in [0.1, 0.15) is 18.3 Å². The summed E-state index contributed by atoms with van der Waals surface area (Å²) in [5, 5.41) is 24.7. The van der Waals surface area contributed by atoms with Gasteiger partial charge in [0.25, 0.3) is 0 Å². The smallest absolute Gasteiger partial charge is 0.208 e. The van der Waals surface area contributed by atoms with Gasteiger partial charge in [0.2, 0.25) is 5.16 Å². The summed E-state index contributed by atoms with van der Waals surface area (Å²) in [6.07, 6.45) is 2.94. The minimum Gasteiger partial charge on any atom is -0.382 e. The van der Waals surface area contributed by atoms with Crippen LogP contribution in [-0.2, 0) is 12.1 Å². The summed E-state index contributed by atoms with van der Waals surface area (Å²) >= 11 is 19.6. The lowest BCUT2D eigenvalue weighted by Crippen LogP contribution is -2.35. The Morgan fingerprint density at radius 2 is 1.83 bits per heavy atom. The molecule has 0 aliphatic carbocycles. The highest BCUT2D eigenvalue weighted by atomic mass is 35.5. The van der Waals surface area contributed by atoms with Gasteiger partial charge in [0, 0.05) is 31.9 Å². The molecule has 0 aliphatic heterocycles. The number of nitrogens with one attached hydrogen (secondary N) is 1. The zero-order chi connectivity index (χ0) is 21.1. The first-order chi connectivity index (χ1) is 14.4. The Morgan fingerprint density at radius 1 is 1.07 bits per heavy atom. The van der Waals surface area contributed by atoms with Crippen LogP contribution in [0.25, 0.3) is 11.4 Å². The van der Waals surface area contributed by atoms with Crippen LogP contribution in [0, 0.1) is 0 Å². The quantitative estimate of drug-likeness (QED) is 0.372. The molecule has 0 bridgehead atoms. The van der Waals surface area contributed by atoms with E-state index in [1.807, 2.05) is 12.1 Å². The second-order valence-electron chi connectivity index (χ2n) is 6.51. The summed E-state index contributed by atoms with van der Waals surface area (Å²) in [5.41, 5.74) is 0.0311. The molecule has 0 saturated heterocycles. The molecule has 0 aliphatic rings. The van der Waals surface area contributed by atoms with Crippen LogP contribution in [0.5, 0.6) is 0 Å². The van der Waals surface area contributed by atoms with E-state index in [2.05, 4.69) is 25.3 Å². The van der Waals surface area contributed by atoms with E-state index in [0.29, 0.717) is 31.6 Å². The van der Waals surface area contributed by atoms with E-state index in [1.54, 1.807) is 35.0 Å². The van der Waals surface area contributed by atoms with E-state index in [0.717, 1.165) is 5.56 Å². The molecule has 1 unspecified atom stereocenters. The van der Waals surface area contributed by atoms with Gasteiger partial charge in [-0.3, -0.25) is 5.10 Å². The van der Waals surface area contributed by atoms with Crippen LogP contribution >= 0.6 is 46.6 Å². The predicted molar refractivity (Wildman–Crippen MR) is 118 cm³/mol. The third kappa shape index (κ3) is 4.79. The number of hydrogen-bond donors (Lipinski definition) is 2. The third-order valence-electron chi connectivity index (χ3n) is 4.35. The van der Waals surface area contributed by atoms with Gasteiger partial charge in [-0.1, -0.05) is 52.6 Å². The maximum Gasteiger partial charge on any atom is 0.208 e. The van der Waals surface area contributed by atoms with Gasteiger partial charge >= 0.3 is 0 Å². The lowest BCUT2D eigenvalue weighted by Gasteiger charge is -2.28. The normalized spacial score (nSPS) is 13.3. The molecule has 30 heavy (non-hydrogen) atoms. The molecular formula is C19H15Cl3N6OS. The minimum atomic E-state index is -1.36. The Hall–Kier alpha value is -2.10. The summed E-state index contributed by atoms with van der Waals surface area (Å²) < 4.78 is 1.54. The van der Waals surface area contributed by atoms with Crippen molar-refractivity contribution >= 4 is 46.6 Å². The van der Waals surface area contributed by atoms with Crippen molar-refractivity contribution < 1.29 is 5.11 Å². The van der Waals surface area contributed by atoms with Gasteiger partial charge in [-0.15, -0.1) is 5.10 Å². The molecule has 7 nitrogen and oxygen atoms in total. The van der Waals surface area contributed by atoms with E-state index in [-0.39, 0.29) is 12.3 Å². The lowest BCUT2D eigenvalue weighted by molar-refractivity contribution is 0.0397. The highest BCUT2D eigenvalue weighted by molar-refractivity contribution is 7.99. The van der Waals surface area contributed by atoms with Gasteiger partial charge < -0.3 is 5.11 Å². The first-order valence-electron chi connectivity index (χ1n) is 8.74. The van der Waals surface area contributed by atoms with Crippen LogP contribution < -0.4 is 0 Å². The molecule has 0 saturated carbocycles. The number of benzene rings is 2. The van der Waals surface area contributed by atoms with Crippen LogP contribution in [0.3, 0.4) is 0 Å². The second kappa shape index (κ2) is 8.95. The van der Waals surface area contributed by atoms with Crippen molar-refractivity contribution in [1.29, 1.82) is 0 Å². The van der Waals surface area contributed by atoms with Crippen molar-refractivity contribution in [2.24, 2.45) is 0 Å². The van der Waals surface area contributed by atoms with Crippen molar-refractivity contribution in [2.45, 2.75) is 17.3 Å². The average Bonchev–Trinajstić information content (AvgIpc) is 3.39. The van der Waals surface area contributed by atoms with Crippen molar-refractivity contribution in [3.63, 3.8) is 0 Å². The van der Waals surface area contributed by atoms with Gasteiger partial charge in [-0.2, -0.15) is 5.10 Å². The SMILES string of the molecule is OC(CSc1n[nH]c(-c2ccc(Cl)cc2)n1)(Cn1cncn1)c1ccc(Cl)cc1Cl. The van der Waals surface area contributed by atoms with Gasteiger partial charge in [-0.25, -0.2) is 14.6 Å². The highest BCUT2D eigenvalue weighted by Gasteiger charge is 2.33. The summed E-state index contributed by atoms with van der Waals surface area (Å²) in [7, 11) is 0. The van der Waals surface area contributed by atoms with E-state index in [4.69, 9.17) is 34.8 Å². The van der Waals surface area contributed by atoms with Gasteiger partial charge in [-0.05, 0) is 36.4 Å². The van der Waals surface area contributed by atoms with Crippen LogP contribution in [0.1, 0.15) is 5.56 Å². The maximum absolute atomic E-state index is 11.5. The molecule has 0 radical (unpaired) electrons. The maximum atomic E-state index is 11.5. The minimum absolute atomic E-state index is 0.149. The number of H-pyrrole nitrogens is 1. The molecule has 2 aromatic carbocycles. The number of thioether (sulfide) groups is 1. The fourth-order valence-electron chi connectivity index (χ4n) is 2.89. The number of hydrogen-bond acceptors (Lipinski definition) is 6. The van der Waals surface area contributed by atoms with E-state index in [9.17, 15) is 5.11 Å². The monoisotopic (exact) mass is 480 g/mol. The molecular weight excluding hydrogens is 467 g/mol. The Labute approximate surface area is 191 Å². The fourth-order valence-corrected chi connectivity index (χ4v) is 4.48. The fraction of sp³-hybridized carbons (Fsp3) is 0.158. The number of rotatable bonds is 7. The zero-order valence-corrected chi connectivity index (χ0v) is 18.4. The van der Waals surface area contributed by atoms with Gasteiger partial charge in [0.05, 0.1) is 6.54 Å². The molecule has 2 N–H and O–H groups in total. The number of aromatic amines is 1. The molecule has 0 amide bonds. The van der Waals surface area contributed by atoms with Crippen molar-refractivity contribution in [3.05, 3.63) is 75.8 Å². The molecule has 11 heteroatoms. The van der Waals surface area contributed by atoms with Gasteiger partial charge in [0.15, 0.2) is 5.82 Å². The Morgan fingerprint density at radius 3 is 2.53 bits per heavy atom. The Bertz CT molecular complexity index is 1140. The highest BCUT2D eigenvalue weighted by Crippen LogP contribution is 2.36. The summed E-state index contributed by atoms with van der Waals surface area (Å²) in [4.78, 5) is 8.43. The first kappa shape index (κ1) is 21.1. The lowest BCUT2D eigenvalue weighted by atomic mass is 9.95. The molecule has 2 aromatic heterocycles. The third-order valence-corrected chi connectivity index (χ3v) is 6.21. The molecule has 4 rings (SSSR count). The zero-order valence-electron chi connectivity index (χ0n) is 15.3. The Balaban J connectivity index is 1.57. The number of aliphatic hydroxyl groups is 1. The molecule has 154 valence electrons.